The van der Waals surface area contributed by atoms with E-state index in [1.165, 1.54) is 0 Å². The van der Waals surface area contributed by atoms with E-state index in [1.807, 2.05) is 19.1 Å². The number of anilines is 1. The van der Waals surface area contributed by atoms with Gasteiger partial charge >= 0.3 is 0 Å². The number of hydrogen-bond donors (Lipinski definition) is 2. The van der Waals surface area contributed by atoms with Crippen LogP contribution in [0.25, 0.3) is 22.6 Å². The quantitative estimate of drug-likeness (QED) is 0.659. The summed E-state index contributed by atoms with van der Waals surface area (Å²) in [6, 6.07) is 7.39. The van der Waals surface area contributed by atoms with Crippen LogP contribution in [0, 0.1) is 6.92 Å². The maximum absolute atomic E-state index is 5.90. The minimum atomic E-state index is 0.541. The number of aromatic nitrogens is 3. The minimum absolute atomic E-state index is 0.541. The topological polar surface area (TPSA) is 67.6 Å². The number of rotatable bonds is 1. The molecule has 3 N–H and O–H groups in total. The lowest BCUT2D eigenvalue weighted by molar-refractivity contribution is 1.30. The largest absolute Gasteiger partial charge is 0.398 e. The highest BCUT2D eigenvalue weighted by Crippen LogP contribution is 2.26. The van der Waals surface area contributed by atoms with Gasteiger partial charge in [0.05, 0.1) is 16.2 Å². The van der Waals surface area contributed by atoms with Gasteiger partial charge < -0.3 is 10.7 Å². The zero-order valence-corrected chi connectivity index (χ0v) is 10.5. The molecule has 0 bridgehead atoms. The molecular weight excluding hydrogens is 248 g/mol. The lowest BCUT2D eigenvalue weighted by Gasteiger charge is -2.00. The molecule has 0 aliphatic carbocycles. The second kappa shape index (κ2) is 3.99. The summed E-state index contributed by atoms with van der Waals surface area (Å²) in [5.41, 5.74) is 10.00. The summed E-state index contributed by atoms with van der Waals surface area (Å²) in [5, 5.41) is 0.546. The molecule has 4 nitrogen and oxygen atoms in total. The molecule has 5 heteroatoms. The highest BCUT2D eigenvalue weighted by Gasteiger charge is 2.08. The molecule has 0 saturated carbocycles. The highest BCUT2D eigenvalue weighted by molar-refractivity contribution is 6.33. The third kappa shape index (κ3) is 1.71. The Hall–Kier alpha value is -2.07. The van der Waals surface area contributed by atoms with E-state index < -0.39 is 0 Å². The molecule has 0 amide bonds. The van der Waals surface area contributed by atoms with E-state index in [9.17, 15) is 0 Å². The molecule has 3 aromatic rings. The number of H-pyrrole nitrogens is 1. The number of nitrogens with one attached hydrogen (secondary N) is 1. The van der Waals surface area contributed by atoms with Crippen molar-refractivity contribution in [2.45, 2.75) is 6.92 Å². The third-order valence-electron chi connectivity index (χ3n) is 2.87. The lowest BCUT2D eigenvalue weighted by Crippen LogP contribution is -1.88. The van der Waals surface area contributed by atoms with Gasteiger partial charge in [-0.05, 0) is 36.8 Å². The molecule has 0 fully saturated rings. The van der Waals surface area contributed by atoms with E-state index in [4.69, 9.17) is 17.3 Å². The van der Waals surface area contributed by atoms with Crippen molar-refractivity contribution in [2.24, 2.45) is 0 Å². The van der Waals surface area contributed by atoms with Crippen LogP contribution < -0.4 is 5.73 Å². The van der Waals surface area contributed by atoms with Gasteiger partial charge in [0.2, 0.25) is 0 Å². The van der Waals surface area contributed by atoms with E-state index in [0.29, 0.717) is 16.4 Å². The summed E-state index contributed by atoms with van der Waals surface area (Å²) in [6.07, 6.45) is 1.75. The number of imidazole rings is 1. The van der Waals surface area contributed by atoms with E-state index in [2.05, 4.69) is 15.0 Å². The first-order valence-electron chi connectivity index (χ1n) is 5.52. The number of nitrogens with zero attached hydrogens (tertiary/aromatic N) is 2. The summed E-state index contributed by atoms with van der Waals surface area (Å²) in [5.74, 6) is 0.746. The van der Waals surface area contributed by atoms with Crippen LogP contribution in [0.15, 0.2) is 30.5 Å². The molecule has 3 rings (SSSR count). The fraction of sp³-hybridized carbons (Fsp3) is 0.0769. The van der Waals surface area contributed by atoms with Gasteiger partial charge in [0.15, 0.2) is 5.65 Å². The molecule has 0 atom stereocenters. The Labute approximate surface area is 109 Å². The van der Waals surface area contributed by atoms with Crippen molar-refractivity contribution in [3.63, 3.8) is 0 Å². The molecule has 0 aliphatic rings. The summed E-state index contributed by atoms with van der Waals surface area (Å²) < 4.78 is 0. The third-order valence-corrected chi connectivity index (χ3v) is 3.21. The summed E-state index contributed by atoms with van der Waals surface area (Å²) in [4.78, 5) is 11.9. The Bertz CT molecular complexity index is 733. The second-order valence-electron chi connectivity index (χ2n) is 4.15. The molecule has 2 aromatic heterocycles. The van der Waals surface area contributed by atoms with E-state index in [1.54, 1.807) is 18.3 Å². The Morgan fingerprint density at radius 3 is 2.83 bits per heavy atom. The zero-order valence-electron chi connectivity index (χ0n) is 9.74. The van der Waals surface area contributed by atoms with Gasteiger partial charge in [0, 0.05) is 11.8 Å². The Morgan fingerprint density at radius 2 is 2.11 bits per heavy atom. The molecule has 0 unspecified atom stereocenters. The van der Waals surface area contributed by atoms with Crippen LogP contribution in [-0.4, -0.2) is 15.0 Å². The zero-order chi connectivity index (χ0) is 12.7. The van der Waals surface area contributed by atoms with Crippen LogP contribution in [0.1, 0.15) is 5.56 Å². The fourth-order valence-electron chi connectivity index (χ4n) is 1.86. The molecule has 18 heavy (non-hydrogen) atoms. The Morgan fingerprint density at radius 1 is 1.28 bits per heavy atom. The van der Waals surface area contributed by atoms with Crippen molar-refractivity contribution >= 4 is 28.5 Å². The van der Waals surface area contributed by atoms with Gasteiger partial charge in [0.25, 0.3) is 0 Å². The maximum Gasteiger partial charge on any atom is 0.178 e. The first-order valence-corrected chi connectivity index (χ1v) is 5.89. The molecule has 0 spiro atoms. The monoisotopic (exact) mass is 258 g/mol. The molecule has 0 saturated heterocycles. The average molecular weight is 259 g/mol. The van der Waals surface area contributed by atoms with Gasteiger partial charge in [-0.2, -0.15) is 0 Å². The minimum Gasteiger partial charge on any atom is -0.398 e. The number of hydrogen-bond acceptors (Lipinski definition) is 3. The number of aromatic amines is 1. The van der Waals surface area contributed by atoms with Crippen LogP contribution >= 0.6 is 11.6 Å². The van der Waals surface area contributed by atoms with E-state index in [-0.39, 0.29) is 0 Å². The predicted molar refractivity (Wildman–Crippen MR) is 73.5 cm³/mol. The predicted octanol–water partition coefficient (Wildman–Crippen LogP) is 3.17. The van der Waals surface area contributed by atoms with Crippen molar-refractivity contribution < 1.29 is 0 Å². The Balaban J connectivity index is 2.19. The number of pyridine rings is 1. The average Bonchev–Trinajstić information content (AvgIpc) is 2.78. The van der Waals surface area contributed by atoms with Gasteiger partial charge in [-0.1, -0.05) is 11.6 Å². The number of fused-ring (bicyclic) bond motifs is 1. The highest BCUT2D eigenvalue weighted by atomic mass is 35.5. The van der Waals surface area contributed by atoms with Crippen molar-refractivity contribution in [1.82, 2.24) is 15.0 Å². The Kier molecular flexibility index (Phi) is 2.45. The SMILES string of the molecule is Cc1ccnc2nc(-c3ccc(Cl)c(N)c3)[nH]c12. The number of nitrogens with two attached hydrogens (primary N) is 1. The summed E-state index contributed by atoms with van der Waals surface area (Å²) in [6.45, 7) is 2.02. The van der Waals surface area contributed by atoms with Crippen molar-refractivity contribution in [3.05, 3.63) is 41.0 Å². The van der Waals surface area contributed by atoms with E-state index >= 15 is 0 Å². The van der Waals surface area contributed by atoms with Crippen molar-refractivity contribution in [2.75, 3.05) is 5.73 Å². The molecule has 1 aromatic carbocycles. The number of benzene rings is 1. The molecule has 0 radical (unpaired) electrons. The maximum atomic E-state index is 5.90. The van der Waals surface area contributed by atoms with Crippen LogP contribution in [0.3, 0.4) is 0 Å². The van der Waals surface area contributed by atoms with Crippen LogP contribution in [0.4, 0.5) is 5.69 Å². The number of aryl methyl sites for hydroxylation is 1. The molecular formula is C13H11ClN4. The summed E-state index contributed by atoms with van der Waals surface area (Å²) >= 11 is 5.90. The smallest absolute Gasteiger partial charge is 0.178 e. The second-order valence-corrected chi connectivity index (χ2v) is 4.56. The normalized spacial score (nSPS) is 11.0. The van der Waals surface area contributed by atoms with Gasteiger partial charge in [-0.15, -0.1) is 0 Å². The molecule has 0 aliphatic heterocycles. The van der Waals surface area contributed by atoms with Crippen molar-refractivity contribution in [1.29, 1.82) is 0 Å². The summed E-state index contributed by atoms with van der Waals surface area (Å²) in [7, 11) is 0. The van der Waals surface area contributed by atoms with Crippen LogP contribution in [0.5, 0.6) is 0 Å². The first kappa shape index (κ1) is 11.0. The standard InChI is InChI=1S/C13H11ClN4/c1-7-4-5-16-13-11(7)17-12(18-13)8-2-3-9(14)10(15)6-8/h2-6H,15H2,1H3,(H,16,17,18). The van der Waals surface area contributed by atoms with Crippen LogP contribution in [-0.2, 0) is 0 Å². The lowest BCUT2D eigenvalue weighted by atomic mass is 10.2. The van der Waals surface area contributed by atoms with E-state index in [0.717, 1.165) is 22.5 Å². The first-order chi connectivity index (χ1) is 8.65. The fourth-order valence-corrected chi connectivity index (χ4v) is 1.98. The van der Waals surface area contributed by atoms with Gasteiger partial charge in [0.1, 0.15) is 5.82 Å². The number of halogens is 1. The van der Waals surface area contributed by atoms with Crippen molar-refractivity contribution in [3.8, 4) is 11.4 Å². The molecule has 2 heterocycles. The van der Waals surface area contributed by atoms with Gasteiger partial charge in [-0.25, -0.2) is 9.97 Å². The number of nitrogen functional groups attached to an aromatic ring is 1. The van der Waals surface area contributed by atoms with Crippen LogP contribution in [0.2, 0.25) is 5.02 Å². The molecule has 90 valence electrons. The van der Waals surface area contributed by atoms with Gasteiger partial charge in [-0.3, -0.25) is 0 Å².